The molecule has 0 saturated carbocycles. The fraction of sp³-hybridized carbons (Fsp3) is 0.611. The maximum atomic E-state index is 14.5. The van der Waals surface area contributed by atoms with Crippen LogP contribution in [0, 0.1) is 11.6 Å². The fourth-order valence-electron chi connectivity index (χ4n) is 3.73. The third-order valence-electron chi connectivity index (χ3n) is 5.16. The summed E-state index contributed by atoms with van der Waals surface area (Å²) in [5.74, 6) is -1.40. The van der Waals surface area contributed by atoms with E-state index in [2.05, 4.69) is 5.32 Å². The van der Waals surface area contributed by atoms with Crippen LogP contribution in [0.1, 0.15) is 60.9 Å². The molecule has 0 spiro atoms. The first-order chi connectivity index (χ1) is 11.1. The molecule has 126 valence electrons. The van der Waals surface area contributed by atoms with Gasteiger partial charge in [0.25, 0.3) is 5.91 Å². The van der Waals surface area contributed by atoms with Crippen molar-refractivity contribution in [3.8, 4) is 0 Å². The van der Waals surface area contributed by atoms with Gasteiger partial charge in [0.05, 0.1) is 5.56 Å². The van der Waals surface area contributed by atoms with E-state index in [1.807, 2.05) is 6.92 Å². The highest BCUT2D eigenvalue weighted by Gasteiger charge is 2.28. The Morgan fingerprint density at radius 3 is 2.57 bits per heavy atom. The number of hydrogen-bond acceptors (Lipinski definition) is 2. The summed E-state index contributed by atoms with van der Waals surface area (Å²) < 4.78 is 29.0. The summed E-state index contributed by atoms with van der Waals surface area (Å²) in [6.07, 6.45) is 4.52. The van der Waals surface area contributed by atoms with Crippen molar-refractivity contribution in [2.24, 2.45) is 0 Å². The van der Waals surface area contributed by atoms with Crippen LogP contribution in [0.4, 0.5) is 8.78 Å². The lowest BCUT2D eigenvalue weighted by Gasteiger charge is -2.33. The number of halogens is 2. The van der Waals surface area contributed by atoms with E-state index in [0.717, 1.165) is 51.3 Å². The first-order valence-corrected chi connectivity index (χ1v) is 8.58. The number of amides is 1. The normalized spacial score (nSPS) is 23.1. The molecule has 1 unspecified atom stereocenters. The van der Waals surface area contributed by atoms with Crippen molar-refractivity contribution in [3.05, 3.63) is 34.9 Å². The maximum absolute atomic E-state index is 14.5. The minimum Gasteiger partial charge on any atom is -0.336 e. The summed E-state index contributed by atoms with van der Waals surface area (Å²) >= 11 is 0. The quantitative estimate of drug-likeness (QED) is 0.904. The second-order valence-electron chi connectivity index (χ2n) is 6.72. The summed E-state index contributed by atoms with van der Waals surface area (Å²) in [7, 11) is 0. The van der Waals surface area contributed by atoms with E-state index in [4.69, 9.17) is 0 Å². The standard InChI is InChI=1S/C18H24F2N2O/c1-12-4-2-3-9-22(12)18(23)15-11-16(19)14(10-17(15)20)13-5-7-21-8-6-13/h10-13,21H,2-9H2,1H3. The summed E-state index contributed by atoms with van der Waals surface area (Å²) in [4.78, 5) is 14.3. The Bertz CT molecular complexity index is 585. The molecule has 3 rings (SSSR count). The van der Waals surface area contributed by atoms with Crippen LogP contribution in [0.5, 0.6) is 0 Å². The molecule has 0 aliphatic carbocycles. The molecule has 3 nitrogen and oxygen atoms in total. The summed E-state index contributed by atoms with van der Waals surface area (Å²) in [6.45, 7) is 4.22. The second kappa shape index (κ2) is 6.95. The molecule has 0 bridgehead atoms. The second-order valence-corrected chi connectivity index (χ2v) is 6.72. The average molecular weight is 322 g/mol. The number of nitrogens with one attached hydrogen (secondary N) is 1. The molecular weight excluding hydrogens is 298 g/mol. The molecule has 2 aliphatic rings. The van der Waals surface area contributed by atoms with Crippen LogP contribution in [0.15, 0.2) is 12.1 Å². The lowest BCUT2D eigenvalue weighted by Crippen LogP contribution is -2.42. The summed E-state index contributed by atoms with van der Waals surface area (Å²) in [5, 5.41) is 3.22. The molecule has 1 aromatic rings. The monoisotopic (exact) mass is 322 g/mol. The molecule has 2 heterocycles. The van der Waals surface area contributed by atoms with Gasteiger partial charge in [-0.25, -0.2) is 8.78 Å². The van der Waals surface area contributed by atoms with Crippen LogP contribution in [0.2, 0.25) is 0 Å². The highest BCUT2D eigenvalue weighted by Crippen LogP contribution is 2.30. The predicted molar refractivity (Wildman–Crippen MR) is 85.6 cm³/mol. The molecule has 1 atom stereocenters. The number of rotatable bonds is 2. The third kappa shape index (κ3) is 3.39. The van der Waals surface area contributed by atoms with Gasteiger partial charge in [-0.3, -0.25) is 4.79 Å². The van der Waals surface area contributed by atoms with Crippen molar-refractivity contribution in [2.45, 2.75) is 51.0 Å². The van der Waals surface area contributed by atoms with Crippen LogP contribution in [0.25, 0.3) is 0 Å². The molecule has 0 radical (unpaired) electrons. The van der Waals surface area contributed by atoms with Gasteiger partial charge in [0.2, 0.25) is 0 Å². The van der Waals surface area contributed by atoms with Crippen molar-refractivity contribution < 1.29 is 13.6 Å². The number of nitrogens with zero attached hydrogens (tertiary/aromatic N) is 1. The summed E-state index contributed by atoms with van der Waals surface area (Å²) in [6, 6.07) is 2.44. The Hall–Kier alpha value is -1.49. The minimum absolute atomic E-state index is 0.0313. The molecule has 2 saturated heterocycles. The number of piperidine rings is 2. The van der Waals surface area contributed by atoms with E-state index in [1.54, 1.807) is 4.90 Å². The number of benzene rings is 1. The van der Waals surface area contributed by atoms with Crippen LogP contribution < -0.4 is 5.32 Å². The topological polar surface area (TPSA) is 32.3 Å². The zero-order valence-electron chi connectivity index (χ0n) is 13.6. The lowest BCUT2D eigenvalue weighted by molar-refractivity contribution is 0.0630. The Morgan fingerprint density at radius 2 is 1.87 bits per heavy atom. The van der Waals surface area contributed by atoms with Gasteiger partial charge in [0, 0.05) is 12.6 Å². The van der Waals surface area contributed by atoms with E-state index in [-0.39, 0.29) is 23.4 Å². The van der Waals surface area contributed by atoms with Crippen molar-refractivity contribution in [3.63, 3.8) is 0 Å². The first-order valence-electron chi connectivity index (χ1n) is 8.58. The lowest BCUT2D eigenvalue weighted by atomic mass is 9.89. The van der Waals surface area contributed by atoms with E-state index in [9.17, 15) is 13.6 Å². The van der Waals surface area contributed by atoms with E-state index in [1.165, 1.54) is 6.07 Å². The number of likely N-dealkylation sites (tertiary alicyclic amines) is 1. The van der Waals surface area contributed by atoms with Gasteiger partial charge in [-0.05, 0) is 75.7 Å². The van der Waals surface area contributed by atoms with Gasteiger partial charge < -0.3 is 10.2 Å². The van der Waals surface area contributed by atoms with E-state index < -0.39 is 11.6 Å². The van der Waals surface area contributed by atoms with Gasteiger partial charge in [-0.1, -0.05) is 0 Å². The van der Waals surface area contributed by atoms with E-state index in [0.29, 0.717) is 12.1 Å². The molecule has 1 N–H and O–H groups in total. The van der Waals surface area contributed by atoms with Gasteiger partial charge in [0.15, 0.2) is 0 Å². The van der Waals surface area contributed by atoms with Gasteiger partial charge in [-0.2, -0.15) is 0 Å². The molecule has 2 aliphatic heterocycles. The molecule has 23 heavy (non-hydrogen) atoms. The molecule has 0 aromatic heterocycles. The van der Waals surface area contributed by atoms with Crippen molar-refractivity contribution in [2.75, 3.05) is 19.6 Å². The van der Waals surface area contributed by atoms with E-state index >= 15 is 0 Å². The highest BCUT2D eigenvalue weighted by molar-refractivity contribution is 5.94. The molecular formula is C18H24F2N2O. The van der Waals surface area contributed by atoms with Crippen LogP contribution in [-0.4, -0.2) is 36.5 Å². The largest absolute Gasteiger partial charge is 0.336 e. The number of carbonyl (C=O) groups is 1. The van der Waals surface area contributed by atoms with Crippen LogP contribution in [0.3, 0.4) is 0 Å². The Labute approximate surface area is 136 Å². The van der Waals surface area contributed by atoms with Crippen molar-refractivity contribution >= 4 is 5.91 Å². The summed E-state index contributed by atoms with van der Waals surface area (Å²) in [5.41, 5.74) is 0.279. The zero-order valence-corrected chi connectivity index (χ0v) is 13.6. The third-order valence-corrected chi connectivity index (χ3v) is 5.16. The van der Waals surface area contributed by atoms with Gasteiger partial charge in [0.1, 0.15) is 11.6 Å². The first kappa shape index (κ1) is 16.4. The number of hydrogen-bond donors (Lipinski definition) is 1. The van der Waals surface area contributed by atoms with Crippen molar-refractivity contribution in [1.29, 1.82) is 0 Å². The fourth-order valence-corrected chi connectivity index (χ4v) is 3.73. The SMILES string of the molecule is CC1CCCCN1C(=O)c1cc(F)c(C2CCNCC2)cc1F. The Morgan fingerprint density at radius 1 is 1.13 bits per heavy atom. The molecule has 5 heteroatoms. The van der Waals surface area contributed by atoms with Crippen LogP contribution in [-0.2, 0) is 0 Å². The molecule has 1 amide bonds. The average Bonchev–Trinajstić information content (AvgIpc) is 2.57. The predicted octanol–water partition coefficient (Wildman–Crippen LogP) is 3.45. The number of carbonyl (C=O) groups excluding carboxylic acids is 1. The van der Waals surface area contributed by atoms with Crippen molar-refractivity contribution in [1.82, 2.24) is 10.2 Å². The zero-order chi connectivity index (χ0) is 16.4. The smallest absolute Gasteiger partial charge is 0.257 e. The maximum Gasteiger partial charge on any atom is 0.257 e. The Kier molecular flexibility index (Phi) is 4.95. The molecule has 2 fully saturated rings. The highest BCUT2D eigenvalue weighted by atomic mass is 19.1. The van der Waals surface area contributed by atoms with Crippen LogP contribution >= 0.6 is 0 Å². The van der Waals surface area contributed by atoms with Gasteiger partial charge >= 0.3 is 0 Å². The molecule has 1 aromatic carbocycles. The Balaban J connectivity index is 1.85. The van der Waals surface area contributed by atoms with Gasteiger partial charge in [-0.15, -0.1) is 0 Å². The minimum atomic E-state index is -0.595.